The number of hydrogen-bond donors (Lipinski definition) is 0. The fourth-order valence-corrected chi connectivity index (χ4v) is 3.12. The molecule has 5 heteroatoms. The van der Waals surface area contributed by atoms with Gasteiger partial charge in [-0.2, -0.15) is 0 Å². The van der Waals surface area contributed by atoms with Crippen LogP contribution in [-0.2, 0) is 10.2 Å². The molecule has 0 fully saturated rings. The van der Waals surface area contributed by atoms with E-state index in [1.165, 1.54) is 4.90 Å². The molecule has 5 nitrogen and oxygen atoms in total. The Morgan fingerprint density at radius 3 is 2.44 bits per heavy atom. The number of amides is 2. The standard InChI is InChI=1S/C20H31N3O2/c1-7-10-21(5)11-12-23-17-9-8-15(20(2,3)4)13-16(17)19(25)22(6)14-18(23)24/h8-9,13H,7,10-12,14H2,1-6H3. The summed E-state index contributed by atoms with van der Waals surface area (Å²) in [6.45, 7) is 11.0. The zero-order chi connectivity index (χ0) is 18.8. The fourth-order valence-electron chi connectivity index (χ4n) is 3.12. The molecule has 1 aliphatic rings. The summed E-state index contributed by atoms with van der Waals surface area (Å²) in [5.41, 5.74) is 2.41. The quantitative estimate of drug-likeness (QED) is 0.824. The normalized spacial score (nSPS) is 15.6. The molecule has 25 heavy (non-hydrogen) atoms. The van der Waals surface area contributed by atoms with Crippen molar-refractivity contribution in [3.8, 4) is 0 Å². The number of likely N-dealkylation sites (N-methyl/N-ethyl adjacent to an activating group) is 2. The number of carbonyl (C=O) groups is 2. The van der Waals surface area contributed by atoms with Crippen molar-refractivity contribution in [2.75, 3.05) is 45.2 Å². The van der Waals surface area contributed by atoms with Crippen molar-refractivity contribution in [2.45, 2.75) is 39.5 Å². The average molecular weight is 345 g/mol. The Morgan fingerprint density at radius 1 is 1.16 bits per heavy atom. The highest BCUT2D eigenvalue weighted by Gasteiger charge is 2.30. The number of nitrogens with zero attached hydrogens (tertiary/aromatic N) is 3. The second-order valence-electron chi connectivity index (χ2n) is 7.99. The van der Waals surface area contributed by atoms with Crippen LogP contribution in [0.15, 0.2) is 18.2 Å². The van der Waals surface area contributed by atoms with Crippen molar-refractivity contribution in [3.63, 3.8) is 0 Å². The molecule has 2 rings (SSSR count). The average Bonchev–Trinajstić information content (AvgIpc) is 2.61. The third-order valence-corrected chi connectivity index (χ3v) is 4.71. The summed E-state index contributed by atoms with van der Waals surface area (Å²) in [6, 6.07) is 5.92. The van der Waals surface area contributed by atoms with Gasteiger partial charge in [0.1, 0.15) is 6.54 Å². The van der Waals surface area contributed by atoms with Crippen molar-refractivity contribution < 1.29 is 9.59 Å². The zero-order valence-corrected chi connectivity index (χ0v) is 16.4. The second-order valence-corrected chi connectivity index (χ2v) is 7.99. The molecule has 0 radical (unpaired) electrons. The van der Waals surface area contributed by atoms with E-state index in [9.17, 15) is 9.59 Å². The van der Waals surface area contributed by atoms with Gasteiger partial charge in [0.15, 0.2) is 0 Å². The van der Waals surface area contributed by atoms with Crippen molar-refractivity contribution in [1.29, 1.82) is 0 Å². The van der Waals surface area contributed by atoms with Gasteiger partial charge < -0.3 is 14.7 Å². The first-order valence-corrected chi connectivity index (χ1v) is 9.04. The molecular formula is C20H31N3O2. The lowest BCUT2D eigenvalue weighted by Gasteiger charge is -2.26. The van der Waals surface area contributed by atoms with Crippen LogP contribution in [0.5, 0.6) is 0 Å². The van der Waals surface area contributed by atoms with Gasteiger partial charge >= 0.3 is 0 Å². The number of carbonyl (C=O) groups excluding carboxylic acids is 2. The summed E-state index contributed by atoms with van der Waals surface area (Å²) >= 11 is 0. The minimum atomic E-state index is -0.0844. The minimum Gasteiger partial charge on any atom is -0.332 e. The van der Waals surface area contributed by atoms with Gasteiger partial charge in [0.05, 0.1) is 11.3 Å². The molecule has 2 amide bonds. The van der Waals surface area contributed by atoms with Crippen LogP contribution in [0, 0.1) is 0 Å². The molecule has 1 aliphatic heterocycles. The van der Waals surface area contributed by atoms with Crippen LogP contribution in [0.25, 0.3) is 0 Å². The largest absolute Gasteiger partial charge is 0.332 e. The number of hydrogen-bond acceptors (Lipinski definition) is 3. The highest BCUT2D eigenvalue weighted by molar-refractivity contribution is 6.09. The highest BCUT2D eigenvalue weighted by Crippen LogP contribution is 2.31. The molecule has 0 saturated heterocycles. The van der Waals surface area contributed by atoms with Crippen molar-refractivity contribution in [2.24, 2.45) is 0 Å². The van der Waals surface area contributed by atoms with E-state index in [0.29, 0.717) is 12.1 Å². The smallest absolute Gasteiger partial charge is 0.256 e. The molecule has 0 saturated carbocycles. The van der Waals surface area contributed by atoms with Crippen LogP contribution >= 0.6 is 0 Å². The van der Waals surface area contributed by atoms with E-state index in [1.807, 2.05) is 18.2 Å². The molecule has 1 aromatic rings. The number of fused-ring (bicyclic) bond motifs is 1. The van der Waals surface area contributed by atoms with E-state index in [4.69, 9.17) is 0 Å². The predicted octanol–water partition coefficient (Wildman–Crippen LogP) is 2.74. The second kappa shape index (κ2) is 7.56. The summed E-state index contributed by atoms with van der Waals surface area (Å²) in [5, 5.41) is 0. The lowest BCUT2D eigenvalue weighted by Crippen LogP contribution is -2.41. The van der Waals surface area contributed by atoms with Gasteiger partial charge in [0.2, 0.25) is 5.91 Å². The molecule has 1 aromatic carbocycles. The molecule has 0 atom stereocenters. The molecule has 0 spiro atoms. The van der Waals surface area contributed by atoms with E-state index in [0.717, 1.165) is 30.8 Å². The van der Waals surface area contributed by atoms with Crippen molar-refractivity contribution in [3.05, 3.63) is 29.3 Å². The zero-order valence-electron chi connectivity index (χ0n) is 16.4. The Labute approximate surface area is 151 Å². The molecule has 138 valence electrons. The first kappa shape index (κ1) is 19.4. The lowest BCUT2D eigenvalue weighted by molar-refractivity contribution is -0.119. The molecule has 0 aliphatic carbocycles. The third kappa shape index (κ3) is 4.40. The maximum absolute atomic E-state index is 12.8. The topological polar surface area (TPSA) is 43.9 Å². The maximum atomic E-state index is 12.8. The summed E-state index contributed by atoms with van der Waals surface area (Å²) < 4.78 is 0. The van der Waals surface area contributed by atoms with Gasteiger partial charge in [-0.15, -0.1) is 0 Å². The lowest BCUT2D eigenvalue weighted by atomic mass is 9.85. The first-order valence-electron chi connectivity index (χ1n) is 9.04. The Balaban J connectivity index is 2.40. The molecule has 0 bridgehead atoms. The molecule has 1 heterocycles. The Bertz CT molecular complexity index is 649. The number of rotatable bonds is 5. The highest BCUT2D eigenvalue weighted by atomic mass is 16.2. The third-order valence-electron chi connectivity index (χ3n) is 4.71. The summed E-state index contributed by atoms with van der Waals surface area (Å²) in [5.74, 6) is -0.109. The Kier molecular flexibility index (Phi) is 5.88. The van der Waals surface area contributed by atoms with Crippen molar-refractivity contribution >= 4 is 17.5 Å². The van der Waals surface area contributed by atoms with E-state index in [-0.39, 0.29) is 23.8 Å². The monoisotopic (exact) mass is 345 g/mol. The van der Waals surface area contributed by atoms with Crippen LogP contribution in [-0.4, -0.2) is 61.9 Å². The Hall–Kier alpha value is -1.88. The number of anilines is 1. The van der Waals surface area contributed by atoms with Gasteiger partial charge in [-0.25, -0.2) is 0 Å². The summed E-state index contributed by atoms with van der Waals surface area (Å²) in [6.07, 6.45) is 1.08. The Morgan fingerprint density at radius 2 is 1.84 bits per heavy atom. The van der Waals surface area contributed by atoms with Crippen LogP contribution in [0.3, 0.4) is 0 Å². The first-order chi connectivity index (χ1) is 11.6. The minimum absolute atomic E-state index is 0.0250. The summed E-state index contributed by atoms with van der Waals surface area (Å²) in [4.78, 5) is 31.0. The van der Waals surface area contributed by atoms with Crippen LogP contribution in [0.1, 0.15) is 50.0 Å². The van der Waals surface area contributed by atoms with Gasteiger partial charge in [-0.05, 0) is 43.1 Å². The molecule has 0 aromatic heterocycles. The van der Waals surface area contributed by atoms with Crippen molar-refractivity contribution in [1.82, 2.24) is 9.80 Å². The van der Waals surface area contributed by atoms with Gasteiger partial charge in [0.25, 0.3) is 5.91 Å². The van der Waals surface area contributed by atoms with Crippen LogP contribution < -0.4 is 4.90 Å². The fraction of sp³-hybridized carbons (Fsp3) is 0.600. The van der Waals surface area contributed by atoms with E-state index < -0.39 is 0 Å². The SMILES string of the molecule is CCCN(C)CCN1C(=O)CN(C)C(=O)c2cc(C(C)(C)C)ccc21. The number of benzene rings is 1. The molecular weight excluding hydrogens is 314 g/mol. The predicted molar refractivity (Wildman–Crippen MR) is 102 cm³/mol. The molecule has 0 N–H and O–H groups in total. The van der Waals surface area contributed by atoms with E-state index >= 15 is 0 Å². The molecule has 0 unspecified atom stereocenters. The van der Waals surface area contributed by atoms with Crippen LogP contribution in [0.4, 0.5) is 5.69 Å². The van der Waals surface area contributed by atoms with Crippen LogP contribution in [0.2, 0.25) is 0 Å². The van der Waals surface area contributed by atoms with Gasteiger partial charge in [-0.1, -0.05) is 33.8 Å². The van der Waals surface area contributed by atoms with Gasteiger partial charge in [0, 0.05) is 20.1 Å². The summed E-state index contributed by atoms with van der Waals surface area (Å²) in [7, 11) is 3.76. The van der Waals surface area contributed by atoms with E-state index in [2.05, 4.69) is 39.6 Å². The van der Waals surface area contributed by atoms with E-state index in [1.54, 1.807) is 11.9 Å². The maximum Gasteiger partial charge on any atom is 0.256 e. The van der Waals surface area contributed by atoms with Gasteiger partial charge in [-0.3, -0.25) is 9.59 Å².